The summed E-state index contributed by atoms with van der Waals surface area (Å²) in [6.07, 6.45) is 2.07. The molecule has 124 valence electrons. The summed E-state index contributed by atoms with van der Waals surface area (Å²) >= 11 is 0. The Bertz CT molecular complexity index is 976. The van der Waals surface area contributed by atoms with E-state index in [-0.39, 0.29) is 0 Å². The Labute approximate surface area is 146 Å². The Morgan fingerprint density at radius 3 is 2.84 bits per heavy atom. The SMILES string of the molecule is COc1cccc(/C(=C\C2=NCCN2)c2ccc3ccccc3n2)c1. The van der Waals surface area contributed by atoms with Crippen LogP contribution in [-0.4, -0.2) is 31.0 Å². The van der Waals surface area contributed by atoms with Crippen LogP contribution >= 0.6 is 0 Å². The summed E-state index contributed by atoms with van der Waals surface area (Å²) < 4.78 is 5.39. The number of ether oxygens (including phenoxy) is 1. The monoisotopic (exact) mass is 329 g/mol. The van der Waals surface area contributed by atoms with E-state index in [1.807, 2.05) is 36.4 Å². The van der Waals surface area contributed by atoms with Gasteiger partial charge in [-0.15, -0.1) is 0 Å². The van der Waals surface area contributed by atoms with Gasteiger partial charge in [0.25, 0.3) is 0 Å². The molecule has 2 heterocycles. The Morgan fingerprint density at radius 1 is 1.08 bits per heavy atom. The zero-order chi connectivity index (χ0) is 17.1. The van der Waals surface area contributed by atoms with Crippen LogP contribution in [-0.2, 0) is 0 Å². The summed E-state index contributed by atoms with van der Waals surface area (Å²) in [5, 5.41) is 4.44. The molecule has 0 bridgehead atoms. The topological polar surface area (TPSA) is 46.5 Å². The van der Waals surface area contributed by atoms with Crippen molar-refractivity contribution in [1.29, 1.82) is 0 Å². The fourth-order valence-corrected chi connectivity index (χ4v) is 2.96. The minimum atomic E-state index is 0.808. The van der Waals surface area contributed by atoms with Gasteiger partial charge in [0.05, 0.1) is 24.9 Å². The number of hydrogen-bond acceptors (Lipinski definition) is 4. The van der Waals surface area contributed by atoms with Gasteiger partial charge >= 0.3 is 0 Å². The number of nitrogens with zero attached hydrogens (tertiary/aromatic N) is 2. The smallest absolute Gasteiger partial charge is 0.121 e. The van der Waals surface area contributed by atoms with Crippen LogP contribution in [0.1, 0.15) is 11.3 Å². The van der Waals surface area contributed by atoms with Crippen LogP contribution in [0.4, 0.5) is 0 Å². The molecule has 1 N–H and O–H groups in total. The minimum Gasteiger partial charge on any atom is -0.497 e. The number of fused-ring (bicyclic) bond motifs is 1. The van der Waals surface area contributed by atoms with Gasteiger partial charge in [-0.1, -0.05) is 36.4 Å². The molecule has 4 nitrogen and oxygen atoms in total. The summed E-state index contributed by atoms with van der Waals surface area (Å²) in [6.45, 7) is 1.69. The number of nitrogens with one attached hydrogen (secondary N) is 1. The maximum Gasteiger partial charge on any atom is 0.121 e. The fourth-order valence-electron chi connectivity index (χ4n) is 2.96. The maximum absolute atomic E-state index is 5.39. The molecule has 0 atom stereocenters. The van der Waals surface area contributed by atoms with E-state index >= 15 is 0 Å². The van der Waals surface area contributed by atoms with Crippen LogP contribution in [0.2, 0.25) is 0 Å². The second-order valence-electron chi connectivity index (χ2n) is 5.87. The first-order chi connectivity index (χ1) is 12.3. The van der Waals surface area contributed by atoms with Crippen LogP contribution < -0.4 is 10.1 Å². The summed E-state index contributed by atoms with van der Waals surface area (Å²) in [7, 11) is 1.68. The number of pyridine rings is 1. The highest BCUT2D eigenvalue weighted by molar-refractivity contribution is 6.03. The van der Waals surface area contributed by atoms with E-state index in [1.54, 1.807) is 7.11 Å². The highest BCUT2D eigenvalue weighted by Crippen LogP contribution is 2.27. The van der Waals surface area contributed by atoms with E-state index in [9.17, 15) is 0 Å². The molecular weight excluding hydrogens is 310 g/mol. The molecule has 0 radical (unpaired) electrons. The molecule has 2 aromatic carbocycles. The normalized spacial score (nSPS) is 14.3. The molecule has 1 aliphatic rings. The second kappa shape index (κ2) is 6.77. The molecule has 0 spiro atoms. The molecule has 0 saturated carbocycles. The highest BCUT2D eigenvalue weighted by atomic mass is 16.5. The molecule has 3 aromatic rings. The molecule has 0 amide bonds. The van der Waals surface area contributed by atoms with Gasteiger partial charge in [-0.2, -0.15) is 0 Å². The quantitative estimate of drug-likeness (QED) is 0.794. The predicted molar refractivity (Wildman–Crippen MR) is 102 cm³/mol. The van der Waals surface area contributed by atoms with Crippen LogP contribution in [0.3, 0.4) is 0 Å². The Balaban J connectivity index is 1.86. The van der Waals surface area contributed by atoms with Crippen molar-refractivity contribution in [2.45, 2.75) is 0 Å². The van der Waals surface area contributed by atoms with Gasteiger partial charge < -0.3 is 10.1 Å². The van der Waals surface area contributed by atoms with Crippen molar-refractivity contribution in [3.63, 3.8) is 0 Å². The molecule has 1 aliphatic heterocycles. The lowest BCUT2D eigenvalue weighted by molar-refractivity contribution is 0.414. The number of benzene rings is 2. The van der Waals surface area contributed by atoms with Gasteiger partial charge in [0, 0.05) is 17.5 Å². The summed E-state index contributed by atoms with van der Waals surface area (Å²) in [5.41, 5.74) is 3.98. The van der Waals surface area contributed by atoms with Gasteiger partial charge in [0.2, 0.25) is 0 Å². The van der Waals surface area contributed by atoms with Gasteiger partial charge in [-0.25, -0.2) is 4.98 Å². The average Bonchev–Trinajstić information content (AvgIpc) is 3.19. The lowest BCUT2D eigenvalue weighted by Gasteiger charge is -2.11. The van der Waals surface area contributed by atoms with E-state index in [2.05, 4.69) is 40.7 Å². The number of para-hydroxylation sites is 1. The molecule has 0 fully saturated rings. The van der Waals surface area contributed by atoms with Crippen molar-refractivity contribution in [2.24, 2.45) is 4.99 Å². The molecule has 0 unspecified atom stereocenters. The van der Waals surface area contributed by atoms with Crippen LogP contribution in [0.15, 0.2) is 71.7 Å². The Morgan fingerprint density at radius 2 is 2.00 bits per heavy atom. The minimum absolute atomic E-state index is 0.808. The third-order valence-electron chi connectivity index (χ3n) is 4.24. The summed E-state index contributed by atoms with van der Waals surface area (Å²) in [5.74, 6) is 1.72. The van der Waals surface area contributed by atoms with Crippen LogP contribution in [0, 0.1) is 0 Å². The van der Waals surface area contributed by atoms with Crippen LogP contribution in [0.25, 0.3) is 16.5 Å². The van der Waals surface area contributed by atoms with E-state index in [0.717, 1.165) is 52.4 Å². The largest absolute Gasteiger partial charge is 0.497 e. The van der Waals surface area contributed by atoms with Gasteiger partial charge in [-0.05, 0) is 35.9 Å². The van der Waals surface area contributed by atoms with E-state index < -0.39 is 0 Å². The number of methoxy groups -OCH3 is 1. The lowest BCUT2D eigenvalue weighted by atomic mass is 10.0. The maximum atomic E-state index is 5.39. The third kappa shape index (κ3) is 3.24. The fraction of sp³-hybridized carbons (Fsp3) is 0.143. The Kier molecular flexibility index (Phi) is 4.17. The number of aromatic nitrogens is 1. The van der Waals surface area contributed by atoms with Crippen molar-refractivity contribution in [1.82, 2.24) is 10.3 Å². The summed E-state index contributed by atoms with van der Waals surface area (Å²) in [4.78, 5) is 9.36. The molecule has 0 aliphatic carbocycles. The molecule has 4 rings (SSSR count). The first-order valence-corrected chi connectivity index (χ1v) is 8.34. The van der Waals surface area contributed by atoms with Gasteiger partial charge in [-0.3, -0.25) is 4.99 Å². The standard InChI is InChI=1S/C21H19N3O/c1-25-17-7-4-6-16(13-17)18(14-21-22-11-12-23-21)20-10-9-15-5-2-3-8-19(15)24-20/h2-10,13-14H,11-12H2,1H3,(H,22,23)/b18-14+. The molecular formula is C21H19N3O. The van der Waals surface area contributed by atoms with E-state index in [4.69, 9.17) is 9.72 Å². The first kappa shape index (κ1) is 15.4. The number of rotatable bonds is 4. The lowest BCUT2D eigenvalue weighted by Crippen LogP contribution is -2.16. The second-order valence-corrected chi connectivity index (χ2v) is 5.87. The number of aliphatic imine (C=N–C) groups is 1. The average molecular weight is 329 g/mol. The van der Waals surface area contributed by atoms with Crippen molar-refractivity contribution < 1.29 is 4.74 Å². The van der Waals surface area contributed by atoms with E-state index in [0.29, 0.717) is 0 Å². The van der Waals surface area contributed by atoms with Crippen molar-refractivity contribution >= 4 is 22.3 Å². The van der Waals surface area contributed by atoms with Crippen LogP contribution in [0.5, 0.6) is 5.75 Å². The third-order valence-corrected chi connectivity index (χ3v) is 4.24. The Hall–Kier alpha value is -3.14. The number of amidine groups is 1. The van der Waals surface area contributed by atoms with Crippen molar-refractivity contribution in [3.8, 4) is 5.75 Å². The van der Waals surface area contributed by atoms with Crippen molar-refractivity contribution in [2.75, 3.05) is 20.2 Å². The zero-order valence-electron chi connectivity index (χ0n) is 14.1. The molecule has 25 heavy (non-hydrogen) atoms. The molecule has 4 heteroatoms. The highest BCUT2D eigenvalue weighted by Gasteiger charge is 2.12. The van der Waals surface area contributed by atoms with Gasteiger partial charge in [0.1, 0.15) is 11.6 Å². The zero-order valence-corrected chi connectivity index (χ0v) is 14.1. The molecule has 1 aromatic heterocycles. The number of hydrogen-bond donors (Lipinski definition) is 1. The molecule has 0 saturated heterocycles. The first-order valence-electron chi connectivity index (χ1n) is 8.34. The summed E-state index contributed by atoms with van der Waals surface area (Å²) in [6, 6.07) is 20.3. The van der Waals surface area contributed by atoms with Crippen molar-refractivity contribution in [3.05, 3.63) is 78.0 Å². The van der Waals surface area contributed by atoms with Gasteiger partial charge in [0.15, 0.2) is 0 Å². The van der Waals surface area contributed by atoms with E-state index in [1.165, 1.54) is 0 Å². The predicted octanol–water partition coefficient (Wildman–Crippen LogP) is 3.68.